The minimum absolute atomic E-state index is 0.165. The lowest BCUT2D eigenvalue weighted by Crippen LogP contribution is -2.43. The number of nitrogens with zero attached hydrogens (tertiary/aromatic N) is 2. The van der Waals surface area contributed by atoms with Crippen molar-refractivity contribution in [3.8, 4) is 0 Å². The van der Waals surface area contributed by atoms with Crippen molar-refractivity contribution in [1.29, 1.82) is 0 Å². The first-order valence-electron chi connectivity index (χ1n) is 8.06. The lowest BCUT2D eigenvalue weighted by Gasteiger charge is -2.27. The summed E-state index contributed by atoms with van der Waals surface area (Å²) in [5.41, 5.74) is 1.68. The summed E-state index contributed by atoms with van der Waals surface area (Å²) in [5.74, 6) is -0.364. The highest BCUT2D eigenvalue weighted by molar-refractivity contribution is 7.09. The molecule has 0 saturated heterocycles. The molecule has 1 N–H and O–H groups in total. The Hall–Kier alpha value is -2.47. The van der Waals surface area contributed by atoms with Crippen LogP contribution in [0.3, 0.4) is 0 Å². The summed E-state index contributed by atoms with van der Waals surface area (Å²) in [6, 6.07) is 6.90. The average molecular weight is 357 g/mol. The molecule has 0 aliphatic carbocycles. The largest absolute Gasteiger partial charge is 0.340 e. The molecule has 1 heterocycles. The van der Waals surface area contributed by atoms with Crippen molar-refractivity contribution in [2.45, 2.75) is 32.7 Å². The standard InChI is InChI=1S/C19H23N3O2S/c1-6-16(23)22(5)15-10-8-14(9-11-15)17(24)21-19(4,7-2)18-20-13(3)12-25-18/h6,8-12H,1,7H2,2-5H3,(H,21,24). The number of carbonyl (C=O) groups excluding carboxylic acids is 2. The number of aromatic nitrogens is 1. The van der Waals surface area contributed by atoms with Gasteiger partial charge >= 0.3 is 0 Å². The molecule has 25 heavy (non-hydrogen) atoms. The van der Waals surface area contributed by atoms with E-state index >= 15 is 0 Å². The molecule has 1 unspecified atom stereocenters. The second-order valence-electron chi connectivity index (χ2n) is 6.08. The third kappa shape index (κ3) is 4.14. The van der Waals surface area contributed by atoms with Gasteiger partial charge in [-0.2, -0.15) is 0 Å². The third-order valence-corrected chi connectivity index (χ3v) is 5.43. The predicted molar refractivity (Wildman–Crippen MR) is 102 cm³/mol. The highest BCUT2D eigenvalue weighted by Gasteiger charge is 2.30. The molecular formula is C19H23N3O2S. The van der Waals surface area contributed by atoms with Gasteiger partial charge in [-0.1, -0.05) is 13.5 Å². The zero-order valence-corrected chi connectivity index (χ0v) is 15.8. The summed E-state index contributed by atoms with van der Waals surface area (Å²) in [5, 5.41) is 5.96. The van der Waals surface area contributed by atoms with Crippen LogP contribution in [0, 0.1) is 6.92 Å². The number of likely N-dealkylation sites (N-methyl/N-ethyl adjacent to an activating group) is 1. The molecule has 2 aromatic rings. The van der Waals surface area contributed by atoms with Crippen LogP contribution in [0.1, 0.15) is 41.3 Å². The van der Waals surface area contributed by atoms with Gasteiger partial charge in [0, 0.05) is 29.4 Å². The van der Waals surface area contributed by atoms with Crippen molar-refractivity contribution < 1.29 is 9.59 Å². The van der Waals surface area contributed by atoms with Gasteiger partial charge in [-0.05, 0) is 50.6 Å². The number of amides is 2. The fourth-order valence-electron chi connectivity index (χ4n) is 2.32. The lowest BCUT2D eigenvalue weighted by atomic mass is 9.99. The van der Waals surface area contributed by atoms with Crippen LogP contribution in [0.4, 0.5) is 5.69 Å². The number of benzene rings is 1. The number of aryl methyl sites for hydroxylation is 1. The second kappa shape index (κ2) is 7.61. The Kier molecular flexibility index (Phi) is 5.74. The number of hydrogen-bond acceptors (Lipinski definition) is 4. The quantitative estimate of drug-likeness (QED) is 0.803. The maximum atomic E-state index is 12.6. The minimum atomic E-state index is -0.510. The van der Waals surface area contributed by atoms with Crippen LogP contribution in [0.2, 0.25) is 0 Å². The topological polar surface area (TPSA) is 62.3 Å². The second-order valence-corrected chi connectivity index (χ2v) is 6.94. The van der Waals surface area contributed by atoms with E-state index in [1.54, 1.807) is 42.6 Å². The van der Waals surface area contributed by atoms with Gasteiger partial charge in [-0.15, -0.1) is 11.3 Å². The molecule has 0 spiro atoms. The Morgan fingerprint density at radius 1 is 1.36 bits per heavy atom. The van der Waals surface area contributed by atoms with Gasteiger partial charge in [0.05, 0.1) is 5.54 Å². The van der Waals surface area contributed by atoms with E-state index in [-0.39, 0.29) is 11.8 Å². The Morgan fingerprint density at radius 3 is 2.48 bits per heavy atom. The molecule has 0 fully saturated rings. The fourth-order valence-corrected chi connectivity index (χ4v) is 3.31. The molecule has 132 valence electrons. The molecule has 0 bridgehead atoms. The Bertz CT molecular complexity index is 782. The van der Waals surface area contributed by atoms with E-state index in [1.807, 2.05) is 26.2 Å². The van der Waals surface area contributed by atoms with Gasteiger partial charge < -0.3 is 10.2 Å². The number of rotatable bonds is 6. The fraction of sp³-hybridized carbons (Fsp3) is 0.316. The van der Waals surface area contributed by atoms with Gasteiger partial charge in [-0.25, -0.2) is 4.98 Å². The summed E-state index contributed by atoms with van der Waals surface area (Å²) in [4.78, 5) is 30.3. The normalized spacial score (nSPS) is 13.0. The van der Waals surface area contributed by atoms with Crippen LogP contribution in [0.5, 0.6) is 0 Å². The lowest BCUT2D eigenvalue weighted by molar-refractivity contribution is -0.113. The average Bonchev–Trinajstić information content (AvgIpc) is 3.07. The highest BCUT2D eigenvalue weighted by atomic mass is 32.1. The molecule has 2 amide bonds. The molecule has 5 nitrogen and oxygen atoms in total. The van der Waals surface area contributed by atoms with Crippen molar-refractivity contribution in [2.75, 3.05) is 11.9 Å². The molecule has 0 radical (unpaired) electrons. The number of nitrogens with one attached hydrogen (secondary N) is 1. The van der Waals surface area contributed by atoms with Crippen molar-refractivity contribution in [1.82, 2.24) is 10.3 Å². The molecule has 0 aliphatic rings. The summed E-state index contributed by atoms with van der Waals surface area (Å²) >= 11 is 1.55. The van der Waals surface area contributed by atoms with Gasteiger partial charge in [0.2, 0.25) is 5.91 Å². The molecule has 1 aromatic carbocycles. The van der Waals surface area contributed by atoms with Gasteiger partial charge in [0.25, 0.3) is 5.91 Å². The van der Waals surface area contributed by atoms with E-state index in [9.17, 15) is 9.59 Å². The van der Waals surface area contributed by atoms with Crippen LogP contribution in [0.15, 0.2) is 42.3 Å². The number of hydrogen-bond donors (Lipinski definition) is 1. The summed E-state index contributed by atoms with van der Waals surface area (Å²) in [6.07, 6.45) is 1.99. The maximum Gasteiger partial charge on any atom is 0.252 e. The Balaban J connectivity index is 2.17. The third-order valence-electron chi connectivity index (χ3n) is 4.21. The van der Waals surface area contributed by atoms with Gasteiger partial charge in [-0.3, -0.25) is 9.59 Å². The van der Waals surface area contributed by atoms with Gasteiger partial charge in [0.1, 0.15) is 5.01 Å². The van der Waals surface area contributed by atoms with E-state index < -0.39 is 5.54 Å². The van der Waals surface area contributed by atoms with E-state index in [0.29, 0.717) is 11.3 Å². The first-order valence-corrected chi connectivity index (χ1v) is 8.94. The molecule has 0 saturated carbocycles. The molecule has 1 aromatic heterocycles. The number of anilines is 1. The van der Waals surface area contributed by atoms with Crippen LogP contribution >= 0.6 is 11.3 Å². The van der Waals surface area contributed by atoms with Crippen molar-refractivity contribution in [3.05, 3.63) is 58.6 Å². The maximum absolute atomic E-state index is 12.6. The van der Waals surface area contributed by atoms with Crippen LogP contribution in [-0.4, -0.2) is 23.8 Å². The van der Waals surface area contributed by atoms with Crippen molar-refractivity contribution in [3.63, 3.8) is 0 Å². The SMILES string of the molecule is C=CC(=O)N(C)c1ccc(C(=O)NC(C)(CC)c2nc(C)cs2)cc1. The Labute approximate surface area is 152 Å². The van der Waals surface area contributed by atoms with Crippen molar-refractivity contribution >= 4 is 28.8 Å². The molecule has 0 aliphatic heterocycles. The number of thiazole rings is 1. The van der Waals surface area contributed by atoms with Gasteiger partial charge in [0.15, 0.2) is 0 Å². The molecule has 2 rings (SSSR count). The zero-order valence-electron chi connectivity index (χ0n) is 15.0. The summed E-state index contributed by atoms with van der Waals surface area (Å²) < 4.78 is 0. The minimum Gasteiger partial charge on any atom is -0.340 e. The summed E-state index contributed by atoms with van der Waals surface area (Å²) in [6.45, 7) is 9.42. The first kappa shape index (κ1) is 18.9. The monoisotopic (exact) mass is 357 g/mol. The van der Waals surface area contributed by atoms with Crippen LogP contribution < -0.4 is 10.2 Å². The highest BCUT2D eigenvalue weighted by Crippen LogP contribution is 2.28. The van der Waals surface area contributed by atoms with Crippen LogP contribution in [-0.2, 0) is 10.3 Å². The molecule has 6 heteroatoms. The van der Waals surface area contributed by atoms with E-state index in [0.717, 1.165) is 17.1 Å². The first-order chi connectivity index (χ1) is 11.8. The number of carbonyl (C=O) groups is 2. The summed E-state index contributed by atoms with van der Waals surface area (Å²) in [7, 11) is 1.66. The van der Waals surface area contributed by atoms with E-state index in [2.05, 4.69) is 16.9 Å². The van der Waals surface area contributed by atoms with Crippen molar-refractivity contribution in [2.24, 2.45) is 0 Å². The van der Waals surface area contributed by atoms with Crippen LogP contribution in [0.25, 0.3) is 0 Å². The molecular weight excluding hydrogens is 334 g/mol. The zero-order chi connectivity index (χ0) is 18.6. The molecule has 1 atom stereocenters. The van der Waals surface area contributed by atoms with E-state index in [1.165, 1.54) is 11.0 Å². The van der Waals surface area contributed by atoms with E-state index in [4.69, 9.17) is 0 Å². The Morgan fingerprint density at radius 2 is 2.00 bits per heavy atom. The predicted octanol–water partition coefficient (Wildman–Crippen LogP) is 3.66. The smallest absolute Gasteiger partial charge is 0.252 e.